The Kier molecular flexibility index (Phi) is 7.65. The molecule has 0 radical (unpaired) electrons. The van der Waals surface area contributed by atoms with Gasteiger partial charge in [0.1, 0.15) is 17.4 Å². The molecule has 1 fully saturated rings. The van der Waals surface area contributed by atoms with E-state index in [0.29, 0.717) is 46.3 Å². The molecule has 3 aromatic rings. The van der Waals surface area contributed by atoms with E-state index in [0.717, 1.165) is 25.9 Å². The fourth-order valence-electron chi connectivity index (χ4n) is 3.46. The summed E-state index contributed by atoms with van der Waals surface area (Å²) in [4.78, 5) is 21.0. The molecule has 0 aliphatic carbocycles. The number of hydrogen-bond acceptors (Lipinski definition) is 8. The molecule has 1 aliphatic rings. The Labute approximate surface area is 202 Å². The van der Waals surface area contributed by atoms with Crippen molar-refractivity contribution >= 4 is 35.0 Å². The van der Waals surface area contributed by atoms with Crippen LogP contribution in [0, 0.1) is 6.92 Å². The quantitative estimate of drug-likeness (QED) is 0.322. The van der Waals surface area contributed by atoms with Gasteiger partial charge in [-0.1, -0.05) is 11.6 Å². The highest BCUT2D eigenvalue weighted by Crippen LogP contribution is 2.31. The molecule has 3 heterocycles. The first-order valence-electron chi connectivity index (χ1n) is 11.0. The summed E-state index contributed by atoms with van der Waals surface area (Å²) in [6.45, 7) is 6.03. The van der Waals surface area contributed by atoms with E-state index >= 15 is 0 Å². The third-order valence-corrected chi connectivity index (χ3v) is 5.30. The molecule has 0 saturated carbocycles. The second-order valence-corrected chi connectivity index (χ2v) is 8.13. The van der Waals surface area contributed by atoms with Crippen molar-refractivity contribution in [3.05, 3.63) is 41.0 Å². The lowest BCUT2D eigenvalue weighted by Crippen LogP contribution is -2.44. The van der Waals surface area contributed by atoms with Crippen molar-refractivity contribution in [1.82, 2.24) is 30.8 Å². The zero-order chi connectivity index (χ0) is 23.9. The smallest absolute Gasteiger partial charge is 0.324 e. The molecule has 0 spiro atoms. The molecular formula is C22H27ClN8O3. The largest absolute Gasteiger partial charge is 0.477 e. The number of amides is 2. The van der Waals surface area contributed by atoms with Crippen LogP contribution < -0.4 is 30.7 Å². The van der Waals surface area contributed by atoms with Crippen LogP contribution in [0.15, 0.2) is 30.3 Å². The zero-order valence-electron chi connectivity index (χ0n) is 18.9. The maximum Gasteiger partial charge on any atom is 0.324 e. The van der Waals surface area contributed by atoms with Crippen LogP contribution in [-0.2, 0) is 0 Å². The van der Waals surface area contributed by atoms with Gasteiger partial charge >= 0.3 is 12.0 Å². The van der Waals surface area contributed by atoms with Crippen LogP contribution >= 0.6 is 11.6 Å². The zero-order valence-corrected chi connectivity index (χ0v) is 19.7. The van der Waals surface area contributed by atoms with Crippen molar-refractivity contribution in [3.8, 4) is 17.6 Å². The van der Waals surface area contributed by atoms with Crippen molar-refractivity contribution in [2.24, 2.45) is 0 Å². The third-order valence-electron chi connectivity index (χ3n) is 5.01. The highest BCUT2D eigenvalue weighted by Gasteiger charge is 2.16. The molecule has 2 aromatic heterocycles. The maximum absolute atomic E-state index is 12.3. The van der Waals surface area contributed by atoms with Gasteiger partial charge in [-0.05, 0) is 58.0 Å². The minimum Gasteiger partial charge on any atom is -0.477 e. The fourth-order valence-corrected chi connectivity index (χ4v) is 3.68. The lowest BCUT2D eigenvalue weighted by molar-refractivity contribution is 0.245. The molecule has 12 heteroatoms. The second-order valence-electron chi connectivity index (χ2n) is 7.73. The van der Waals surface area contributed by atoms with Gasteiger partial charge in [0.2, 0.25) is 5.88 Å². The van der Waals surface area contributed by atoms with Crippen LogP contribution in [0.1, 0.15) is 25.5 Å². The van der Waals surface area contributed by atoms with Crippen molar-refractivity contribution in [2.45, 2.75) is 32.7 Å². The maximum atomic E-state index is 12.3. The number of benzene rings is 1. The van der Waals surface area contributed by atoms with Crippen LogP contribution in [0.2, 0.25) is 5.02 Å². The summed E-state index contributed by atoms with van der Waals surface area (Å²) in [5.41, 5.74) is 1.25. The molecular weight excluding hydrogens is 460 g/mol. The number of hydrogen-bond donors (Lipinski definition) is 5. The van der Waals surface area contributed by atoms with Crippen LogP contribution in [-0.4, -0.2) is 51.9 Å². The van der Waals surface area contributed by atoms with Crippen LogP contribution in [0.25, 0.3) is 0 Å². The standard InChI is InChI=1S/C22H27ClN8O3/c1-3-33-20-12-19(30-31-20)28-18-10-13(2)25-22(29-18)34-17-5-4-15(11-16(17)23)27-21(32)26-14-6-8-24-9-7-14/h4-5,10-12,14,24H,3,6-9H2,1-2H3,(H2,26,27,32)(H2,25,28,29,30,31). The molecule has 1 aliphatic heterocycles. The molecule has 0 unspecified atom stereocenters. The molecule has 0 bridgehead atoms. The Bertz CT molecular complexity index is 1130. The summed E-state index contributed by atoms with van der Waals surface area (Å²) in [7, 11) is 0. The molecule has 5 N–H and O–H groups in total. The van der Waals surface area contributed by atoms with Gasteiger partial charge in [-0.15, -0.1) is 5.10 Å². The van der Waals surface area contributed by atoms with Crippen molar-refractivity contribution in [2.75, 3.05) is 30.3 Å². The number of urea groups is 1. The molecule has 11 nitrogen and oxygen atoms in total. The SMILES string of the molecule is CCOc1cc(Nc2cc(C)nc(Oc3ccc(NC(=O)NC4CCNCC4)cc3Cl)n2)[nH]n1. The average molecular weight is 487 g/mol. The normalized spacial score (nSPS) is 13.9. The van der Waals surface area contributed by atoms with E-state index in [1.807, 2.05) is 13.8 Å². The van der Waals surface area contributed by atoms with E-state index in [2.05, 4.69) is 41.4 Å². The molecule has 34 heavy (non-hydrogen) atoms. The summed E-state index contributed by atoms with van der Waals surface area (Å²) < 4.78 is 11.2. The molecule has 0 atom stereocenters. The predicted octanol–water partition coefficient (Wildman–Crippen LogP) is 3.97. The predicted molar refractivity (Wildman–Crippen MR) is 129 cm³/mol. The number of H-pyrrole nitrogens is 1. The first-order chi connectivity index (χ1) is 16.5. The summed E-state index contributed by atoms with van der Waals surface area (Å²) in [5, 5.41) is 19.4. The van der Waals surface area contributed by atoms with Crippen molar-refractivity contribution in [1.29, 1.82) is 0 Å². The Hall–Kier alpha value is -3.57. The number of halogens is 1. The van der Waals surface area contributed by atoms with Crippen molar-refractivity contribution < 1.29 is 14.3 Å². The Morgan fingerprint density at radius 2 is 2.03 bits per heavy atom. The number of piperidine rings is 1. The van der Waals surface area contributed by atoms with E-state index in [1.165, 1.54) is 0 Å². The minimum absolute atomic E-state index is 0.123. The number of nitrogens with zero attached hydrogens (tertiary/aromatic N) is 3. The third kappa shape index (κ3) is 6.49. The topological polar surface area (TPSA) is 138 Å². The first kappa shape index (κ1) is 23.6. The van der Waals surface area contributed by atoms with E-state index in [1.54, 1.807) is 30.3 Å². The monoisotopic (exact) mass is 486 g/mol. The second kappa shape index (κ2) is 11.0. The van der Waals surface area contributed by atoms with E-state index in [-0.39, 0.29) is 18.1 Å². The van der Waals surface area contributed by atoms with Gasteiger partial charge in [0.15, 0.2) is 0 Å². The molecule has 180 valence electrons. The van der Waals surface area contributed by atoms with Gasteiger partial charge in [-0.2, -0.15) is 4.98 Å². The van der Waals surface area contributed by atoms with E-state index in [9.17, 15) is 4.79 Å². The Balaban J connectivity index is 1.39. The van der Waals surface area contributed by atoms with Crippen LogP contribution in [0.4, 0.5) is 22.1 Å². The first-order valence-corrected chi connectivity index (χ1v) is 11.4. The van der Waals surface area contributed by atoms with Gasteiger partial charge in [-0.25, -0.2) is 9.78 Å². The molecule has 1 aromatic carbocycles. The van der Waals surface area contributed by atoms with Gasteiger partial charge in [0, 0.05) is 29.6 Å². The highest BCUT2D eigenvalue weighted by atomic mass is 35.5. The number of carbonyl (C=O) groups is 1. The number of rotatable bonds is 8. The summed E-state index contributed by atoms with van der Waals surface area (Å²) in [6, 6.07) is 8.50. The van der Waals surface area contributed by atoms with Gasteiger partial charge in [-0.3, -0.25) is 5.10 Å². The summed E-state index contributed by atoms with van der Waals surface area (Å²) in [5.74, 6) is 1.97. The lowest BCUT2D eigenvalue weighted by atomic mass is 10.1. The number of aromatic amines is 1. The minimum atomic E-state index is -0.263. The molecule has 1 saturated heterocycles. The number of aryl methyl sites for hydroxylation is 1. The fraction of sp³-hybridized carbons (Fsp3) is 0.364. The number of nitrogens with one attached hydrogen (secondary N) is 5. The number of ether oxygens (including phenoxy) is 2. The Morgan fingerprint density at radius 1 is 1.21 bits per heavy atom. The van der Waals surface area contributed by atoms with E-state index in [4.69, 9.17) is 21.1 Å². The summed E-state index contributed by atoms with van der Waals surface area (Å²) in [6.07, 6.45) is 1.81. The number of aromatic nitrogens is 4. The van der Waals surface area contributed by atoms with Gasteiger partial charge in [0.05, 0.1) is 11.6 Å². The number of anilines is 3. The average Bonchev–Trinajstić information content (AvgIpc) is 3.23. The van der Waals surface area contributed by atoms with Crippen LogP contribution in [0.3, 0.4) is 0 Å². The van der Waals surface area contributed by atoms with Gasteiger partial charge in [0.25, 0.3) is 0 Å². The van der Waals surface area contributed by atoms with Crippen LogP contribution in [0.5, 0.6) is 17.6 Å². The number of carbonyl (C=O) groups excluding carboxylic acids is 1. The van der Waals surface area contributed by atoms with E-state index < -0.39 is 0 Å². The highest BCUT2D eigenvalue weighted by molar-refractivity contribution is 6.32. The Morgan fingerprint density at radius 3 is 2.79 bits per heavy atom. The molecule has 4 rings (SSSR count). The molecule has 2 amide bonds. The lowest BCUT2D eigenvalue weighted by Gasteiger charge is -2.23. The van der Waals surface area contributed by atoms with Crippen molar-refractivity contribution in [3.63, 3.8) is 0 Å². The van der Waals surface area contributed by atoms with Gasteiger partial charge < -0.3 is 30.7 Å². The summed E-state index contributed by atoms with van der Waals surface area (Å²) >= 11 is 6.39.